The van der Waals surface area contributed by atoms with Crippen molar-refractivity contribution in [1.29, 1.82) is 0 Å². The molecule has 0 aliphatic rings. The lowest BCUT2D eigenvalue weighted by Crippen LogP contribution is -2.55. The van der Waals surface area contributed by atoms with Gasteiger partial charge in [0.05, 0.1) is 10.9 Å². The molecule has 3 rings (SSSR count). The largest absolute Gasteiger partial charge is 0.365 e. The number of rotatable bonds is 9. The molecule has 174 valence electrons. The molecule has 0 spiro atoms. The predicted octanol–water partition coefficient (Wildman–Crippen LogP) is 3.07. The maximum atomic E-state index is 13.3. The van der Waals surface area contributed by atoms with Gasteiger partial charge in [0.1, 0.15) is 0 Å². The molecule has 0 heterocycles. The number of carbonyl (C=O) groups excluding carboxylic acids is 1. The molecule has 2 atom stereocenters. The summed E-state index contributed by atoms with van der Waals surface area (Å²) in [5.41, 5.74) is 2.00. The second-order valence-corrected chi connectivity index (χ2v) is 9.69. The van der Waals surface area contributed by atoms with Crippen LogP contribution in [-0.4, -0.2) is 38.9 Å². The monoisotopic (exact) mass is 487 g/mol. The van der Waals surface area contributed by atoms with Crippen LogP contribution in [0.15, 0.2) is 83.8 Å². The molecule has 0 fully saturated rings. The lowest BCUT2D eigenvalue weighted by molar-refractivity contribution is -0.121. The molecule has 7 nitrogen and oxygen atoms in total. The van der Waals surface area contributed by atoms with Crippen LogP contribution in [0.3, 0.4) is 0 Å². The third-order valence-electron chi connectivity index (χ3n) is 5.13. The molecular weight excluding hydrogens is 462 g/mol. The van der Waals surface area contributed by atoms with Crippen LogP contribution in [-0.2, 0) is 21.2 Å². The van der Waals surface area contributed by atoms with Gasteiger partial charge in [-0.2, -0.15) is 4.72 Å². The Morgan fingerprint density at radius 2 is 1.61 bits per heavy atom. The molecule has 0 aromatic heterocycles. The summed E-state index contributed by atoms with van der Waals surface area (Å²) in [5.74, 6) is -0.352. The van der Waals surface area contributed by atoms with Crippen molar-refractivity contribution in [1.82, 2.24) is 10.0 Å². The quantitative estimate of drug-likeness (QED) is 0.403. The number of benzene rings is 3. The number of sulfonamides is 1. The van der Waals surface area contributed by atoms with Crippen molar-refractivity contribution in [2.75, 3.05) is 11.9 Å². The maximum Gasteiger partial charge on any atom is 0.244 e. The van der Waals surface area contributed by atoms with E-state index < -0.39 is 22.4 Å². The minimum atomic E-state index is -4.01. The summed E-state index contributed by atoms with van der Waals surface area (Å²) in [5, 5.41) is 13.8. The van der Waals surface area contributed by atoms with Crippen LogP contribution >= 0.6 is 11.6 Å². The molecule has 1 amide bonds. The topological polar surface area (TPSA) is 98.7 Å². The molecule has 3 N–H and O–H groups in total. The van der Waals surface area contributed by atoms with Gasteiger partial charge in [0.2, 0.25) is 15.9 Å². The molecule has 3 aromatic rings. The van der Waals surface area contributed by atoms with E-state index in [0.717, 1.165) is 5.56 Å². The van der Waals surface area contributed by atoms with E-state index in [9.17, 15) is 18.3 Å². The lowest BCUT2D eigenvalue weighted by Gasteiger charge is -2.27. The number of nitrogens with one attached hydrogen (secondary N) is 2. The first-order chi connectivity index (χ1) is 15.7. The van der Waals surface area contributed by atoms with Crippen LogP contribution in [0.5, 0.6) is 0 Å². The second-order valence-electron chi connectivity index (χ2n) is 7.57. The van der Waals surface area contributed by atoms with Crippen molar-refractivity contribution in [2.24, 2.45) is 0 Å². The van der Waals surface area contributed by atoms with Crippen LogP contribution in [0.1, 0.15) is 11.1 Å². The van der Waals surface area contributed by atoms with E-state index in [-0.39, 0.29) is 17.2 Å². The highest BCUT2D eigenvalue weighted by Gasteiger charge is 2.28. The summed E-state index contributed by atoms with van der Waals surface area (Å²) in [7, 11) is -2.41. The van der Waals surface area contributed by atoms with E-state index in [1.807, 2.05) is 30.3 Å². The Morgan fingerprint density at radius 3 is 2.24 bits per heavy atom. The number of likely N-dealkylation sites (N-methyl/N-ethyl adjacent to an activating group) is 1. The van der Waals surface area contributed by atoms with E-state index >= 15 is 0 Å². The fourth-order valence-electron chi connectivity index (χ4n) is 3.39. The number of hydrogen-bond acceptors (Lipinski definition) is 5. The Labute approximate surface area is 199 Å². The Hall–Kier alpha value is -2.75. The summed E-state index contributed by atoms with van der Waals surface area (Å²) in [6, 6.07) is 21.5. The first-order valence-electron chi connectivity index (χ1n) is 10.3. The molecule has 0 radical (unpaired) electrons. The Bertz CT molecular complexity index is 1190. The van der Waals surface area contributed by atoms with Crippen molar-refractivity contribution >= 4 is 33.2 Å². The van der Waals surface area contributed by atoms with E-state index in [0.29, 0.717) is 16.3 Å². The molecule has 33 heavy (non-hydrogen) atoms. The fraction of sp³-hybridized carbons (Fsp3) is 0.208. The van der Waals surface area contributed by atoms with Crippen LogP contribution in [0, 0.1) is 6.92 Å². The first-order valence-corrected chi connectivity index (χ1v) is 12.1. The van der Waals surface area contributed by atoms with Crippen molar-refractivity contribution < 1.29 is 18.3 Å². The predicted molar refractivity (Wildman–Crippen MR) is 129 cm³/mol. The van der Waals surface area contributed by atoms with E-state index in [1.165, 1.54) is 11.0 Å². The molecule has 9 heteroatoms. The molecule has 0 bridgehead atoms. The Kier molecular flexibility index (Phi) is 8.23. The number of hydrogen-bond donors (Lipinski definition) is 3. The summed E-state index contributed by atoms with van der Waals surface area (Å²) in [6.45, 7) is 1.66. The number of halogens is 1. The zero-order valence-electron chi connectivity index (χ0n) is 18.3. The van der Waals surface area contributed by atoms with Crippen molar-refractivity contribution in [2.45, 2.75) is 30.6 Å². The van der Waals surface area contributed by atoms with E-state index in [4.69, 9.17) is 11.6 Å². The number of aryl methyl sites for hydroxylation is 1. The molecule has 0 aliphatic heterocycles. The molecule has 0 saturated heterocycles. The van der Waals surface area contributed by atoms with Gasteiger partial charge in [-0.25, -0.2) is 8.42 Å². The number of nitrogens with zero attached hydrogens (tertiary/aromatic N) is 1. The summed E-state index contributed by atoms with van der Waals surface area (Å²) < 4.78 is 27.7. The molecule has 0 aliphatic carbocycles. The highest BCUT2D eigenvalue weighted by atomic mass is 35.5. The molecule has 0 saturated carbocycles. The van der Waals surface area contributed by atoms with Crippen LogP contribution in [0.4, 0.5) is 5.69 Å². The third-order valence-corrected chi connectivity index (χ3v) is 6.96. The van der Waals surface area contributed by atoms with Gasteiger partial charge in [-0.15, -0.1) is 0 Å². The minimum absolute atomic E-state index is 0.0510. The van der Waals surface area contributed by atoms with Crippen molar-refractivity contribution in [3.8, 4) is 0 Å². The Morgan fingerprint density at radius 1 is 1.00 bits per heavy atom. The number of aliphatic hydroxyl groups excluding tert-OH is 1. The van der Waals surface area contributed by atoms with Gasteiger partial charge in [-0.1, -0.05) is 60.1 Å². The fourth-order valence-corrected chi connectivity index (χ4v) is 4.75. The number of aliphatic hydroxyl groups is 1. The Balaban J connectivity index is 1.81. The third kappa shape index (κ3) is 6.63. The minimum Gasteiger partial charge on any atom is -0.365 e. The highest BCUT2D eigenvalue weighted by molar-refractivity contribution is 7.89. The first kappa shape index (κ1) is 24.9. The standard InChI is InChI=1S/C24H26ClN3O4S/c1-17-8-6-7-11-22(17)33(31,32)27-24(30)26-21(16-18-9-4-3-5-10-18)23(29)28(2)20-14-12-19(25)13-15-20/h3-15,21,24,26-27,30H,16H2,1-2H3/t21-,24?/m0/s1. The SMILES string of the molecule is Cc1ccccc1S(=O)(=O)NC(O)N[C@@H](Cc1ccccc1)C(=O)N(C)c1ccc(Cl)cc1. The smallest absolute Gasteiger partial charge is 0.244 e. The van der Waals surface area contributed by atoms with Crippen LogP contribution in [0.2, 0.25) is 5.02 Å². The van der Waals surface area contributed by atoms with Gasteiger partial charge in [0.15, 0.2) is 6.35 Å². The van der Waals surface area contributed by atoms with Gasteiger partial charge < -0.3 is 10.0 Å². The lowest BCUT2D eigenvalue weighted by atomic mass is 10.0. The van der Waals surface area contributed by atoms with Gasteiger partial charge in [-0.3, -0.25) is 10.1 Å². The second kappa shape index (κ2) is 10.9. The molecular formula is C24H26ClN3O4S. The molecule has 3 aromatic carbocycles. The average Bonchev–Trinajstić information content (AvgIpc) is 2.78. The summed E-state index contributed by atoms with van der Waals surface area (Å²) in [4.78, 5) is 14.8. The number of amides is 1. The maximum absolute atomic E-state index is 13.3. The average molecular weight is 488 g/mol. The van der Waals surface area contributed by atoms with Gasteiger partial charge >= 0.3 is 0 Å². The van der Waals surface area contributed by atoms with E-state index in [2.05, 4.69) is 10.0 Å². The van der Waals surface area contributed by atoms with Gasteiger partial charge in [0, 0.05) is 17.8 Å². The van der Waals surface area contributed by atoms with E-state index in [1.54, 1.807) is 56.4 Å². The van der Waals surface area contributed by atoms with Crippen molar-refractivity contribution in [3.63, 3.8) is 0 Å². The normalized spacial score (nSPS) is 13.3. The highest BCUT2D eigenvalue weighted by Crippen LogP contribution is 2.19. The summed E-state index contributed by atoms with van der Waals surface area (Å²) >= 11 is 5.94. The summed E-state index contributed by atoms with van der Waals surface area (Å²) in [6.07, 6.45) is -1.45. The van der Waals surface area contributed by atoms with Gasteiger partial charge in [-0.05, 0) is 54.8 Å². The number of anilines is 1. The zero-order chi connectivity index (χ0) is 24.0. The molecule has 1 unspecified atom stereocenters. The zero-order valence-corrected chi connectivity index (χ0v) is 19.8. The van der Waals surface area contributed by atoms with Gasteiger partial charge in [0.25, 0.3) is 0 Å². The van der Waals surface area contributed by atoms with Crippen molar-refractivity contribution in [3.05, 3.63) is 95.0 Å². The van der Waals surface area contributed by atoms with Crippen LogP contribution < -0.4 is 14.9 Å². The van der Waals surface area contributed by atoms with Crippen LogP contribution in [0.25, 0.3) is 0 Å². The number of carbonyl (C=O) groups is 1.